The van der Waals surface area contributed by atoms with E-state index in [1.807, 2.05) is 0 Å². The number of carbonyl (C=O) groups excluding carboxylic acids is 2. The van der Waals surface area contributed by atoms with E-state index in [-0.39, 0.29) is 17.7 Å². The number of hydrogen-bond donors (Lipinski definition) is 2. The van der Waals surface area contributed by atoms with Crippen molar-refractivity contribution in [1.29, 1.82) is 0 Å². The summed E-state index contributed by atoms with van der Waals surface area (Å²) in [6.07, 6.45) is 1.86. The van der Waals surface area contributed by atoms with Gasteiger partial charge in [-0.2, -0.15) is 0 Å². The number of nitrogens with one attached hydrogen (secondary N) is 2. The van der Waals surface area contributed by atoms with E-state index in [9.17, 15) is 9.59 Å². The summed E-state index contributed by atoms with van der Waals surface area (Å²) < 4.78 is 10.4. The van der Waals surface area contributed by atoms with Crippen LogP contribution < -0.4 is 20.1 Å². The van der Waals surface area contributed by atoms with Crippen molar-refractivity contribution in [3.63, 3.8) is 0 Å². The molecule has 1 saturated carbocycles. The molecule has 6 nitrogen and oxygen atoms in total. The minimum absolute atomic E-state index is 0.00650. The van der Waals surface area contributed by atoms with E-state index in [2.05, 4.69) is 10.6 Å². The van der Waals surface area contributed by atoms with Crippen LogP contribution in [0.15, 0.2) is 42.5 Å². The number of anilines is 2. The van der Waals surface area contributed by atoms with Crippen molar-refractivity contribution in [1.82, 2.24) is 0 Å². The quantitative estimate of drug-likeness (QED) is 0.846. The number of amides is 2. The molecule has 0 aliphatic heterocycles. The maximum absolute atomic E-state index is 12.5. The molecule has 1 fully saturated rings. The summed E-state index contributed by atoms with van der Waals surface area (Å²) >= 11 is 0. The summed E-state index contributed by atoms with van der Waals surface area (Å²) in [5, 5.41) is 5.65. The lowest BCUT2D eigenvalue weighted by Crippen LogP contribution is -2.15. The Morgan fingerprint density at radius 1 is 1.00 bits per heavy atom. The van der Waals surface area contributed by atoms with Gasteiger partial charge in [0.05, 0.1) is 19.9 Å². The fourth-order valence-electron chi connectivity index (χ4n) is 2.43. The van der Waals surface area contributed by atoms with Gasteiger partial charge >= 0.3 is 0 Å². The number of rotatable bonds is 6. The smallest absolute Gasteiger partial charge is 0.255 e. The summed E-state index contributed by atoms with van der Waals surface area (Å²) in [4.78, 5) is 24.4. The van der Waals surface area contributed by atoms with Crippen molar-refractivity contribution in [3.8, 4) is 11.5 Å². The van der Waals surface area contributed by atoms with Crippen molar-refractivity contribution >= 4 is 23.2 Å². The second kappa shape index (κ2) is 7.25. The van der Waals surface area contributed by atoms with Crippen LogP contribution in [-0.2, 0) is 4.79 Å². The largest absolute Gasteiger partial charge is 0.497 e. The zero-order valence-electron chi connectivity index (χ0n) is 14.2. The van der Waals surface area contributed by atoms with Crippen LogP contribution in [0.5, 0.6) is 11.5 Å². The van der Waals surface area contributed by atoms with Crippen LogP contribution in [0.3, 0.4) is 0 Å². The highest BCUT2D eigenvalue weighted by atomic mass is 16.5. The summed E-state index contributed by atoms with van der Waals surface area (Å²) in [7, 11) is 3.09. The van der Waals surface area contributed by atoms with Gasteiger partial charge in [0, 0.05) is 23.2 Å². The average Bonchev–Trinajstić information content (AvgIpc) is 3.47. The molecule has 0 bridgehead atoms. The van der Waals surface area contributed by atoms with Crippen LogP contribution >= 0.6 is 0 Å². The fraction of sp³-hybridized carbons (Fsp3) is 0.263. The molecule has 0 heterocycles. The Kier molecular flexibility index (Phi) is 4.88. The highest BCUT2D eigenvalue weighted by Crippen LogP contribution is 2.31. The van der Waals surface area contributed by atoms with Crippen molar-refractivity contribution in [3.05, 3.63) is 48.0 Å². The lowest BCUT2D eigenvalue weighted by atomic mass is 10.1. The second-order valence-electron chi connectivity index (χ2n) is 5.86. The van der Waals surface area contributed by atoms with Crippen molar-refractivity contribution in [2.24, 2.45) is 5.92 Å². The molecule has 2 aromatic rings. The Morgan fingerprint density at radius 2 is 1.80 bits per heavy atom. The molecule has 0 radical (unpaired) electrons. The van der Waals surface area contributed by atoms with Crippen LogP contribution in [0.1, 0.15) is 23.2 Å². The van der Waals surface area contributed by atoms with Crippen LogP contribution in [0.4, 0.5) is 11.4 Å². The molecule has 0 unspecified atom stereocenters. The van der Waals surface area contributed by atoms with Gasteiger partial charge < -0.3 is 20.1 Å². The van der Waals surface area contributed by atoms with Gasteiger partial charge in [-0.1, -0.05) is 6.07 Å². The predicted octanol–water partition coefficient (Wildman–Crippen LogP) is 3.30. The lowest BCUT2D eigenvalue weighted by Gasteiger charge is -2.12. The molecule has 1 aliphatic carbocycles. The summed E-state index contributed by atoms with van der Waals surface area (Å²) in [6.45, 7) is 0. The Labute approximate surface area is 146 Å². The number of benzene rings is 2. The molecule has 0 atom stereocenters. The molecular formula is C19H20N2O4. The first kappa shape index (κ1) is 16.8. The van der Waals surface area contributed by atoms with Gasteiger partial charge in [-0.3, -0.25) is 9.59 Å². The molecule has 1 aliphatic rings. The normalized spacial score (nSPS) is 13.0. The number of methoxy groups -OCH3 is 2. The summed E-state index contributed by atoms with van der Waals surface area (Å²) in [6, 6.07) is 12.0. The Morgan fingerprint density at radius 3 is 2.48 bits per heavy atom. The minimum Gasteiger partial charge on any atom is -0.497 e. The fourth-order valence-corrected chi connectivity index (χ4v) is 2.43. The van der Waals surface area contributed by atoms with E-state index in [1.54, 1.807) is 49.6 Å². The van der Waals surface area contributed by atoms with Gasteiger partial charge in [0.25, 0.3) is 5.91 Å². The number of ether oxygens (including phenoxy) is 2. The molecule has 130 valence electrons. The van der Waals surface area contributed by atoms with Gasteiger partial charge in [-0.25, -0.2) is 0 Å². The zero-order valence-corrected chi connectivity index (χ0v) is 14.2. The van der Waals surface area contributed by atoms with Gasteiger partial charge in [0.2, 0.25) is 5.91 Å². The maximum Gasteiger partial charge on any atom is 0.255 e. The van der Waals surface area contributed by atoms with Crippen LogP contribution in [0.2, 0.25) is 0 Å². The molecule has 2 amide bonds. The van der Waals surface area contributed by atoms with Crippen molar-refractivity contribution < 1.29 is 19.1 Å². The molecule has 25 heavy (non-hydrogen) atoms. The molecule has 6 heteroatoms. The van der Waals surface area contributed by atoms with E-state index in [0.717, 1.165) is 12.8 Å². The SMILES string of the molecule is COc1ccc(OC)c(NC(=O)c2cccc(NC(=O)C3CC3)c2)c1. The summed E-state index contributed by atoms with van der Waals surface area (Å²) in [5.41, 5.74) is 1.57. The predicted molar refractivity (Wildman–Crippen MR) is 95.3 cm³/mol. The number of hydrogen-bond acceptors (Lipinski definition) is 4. The van der Waals surface area contributed by atoms with E-state index in [1.165, 1.54) is 7.11 Å². The lowest BCUT2D eigenvalue weighted by molar-refractivity contribution is -0.117. The molecule has 3 rings (SSSR count). The van der Waals surface area contributed by atoms with E-state index in [4.69, 9.17) is 9.47 Å². The molecule has 0 spiro atoms. The molecule has 2 aromatic carbocycles. The van der Waals surface area contributed by atoms with Crippen LogP contribution in [0, 0.1) is 5.92 Å². The average molecular weight is 340 g/mol. The number of carbonyl (C=O) groups is 2. The maximum atomic E-state index is 12.5. The molecular weight excluding hydrogens is 320 g/mol. The Bertz CT molecular complexity index is 800. The van der Waals surface area contributed by atoms with E-state index in [0.29, 0.717) is 28.4 Å². The first-order valence-electron chi connectivity index (χ1n) is 8.05. The van der Waals surface area contributed by atoms with E-state index < -0.39 is 0 Å². The minimum atomic E-state index is -0.297. The highest BCUT2D eigenvalue weighted by molar-refractivity contribution is 6.06. The monoisotopic (exact) mass is 340 g/mol. The third-order valence-electron chi connectivity index (χ3n) is 4.00. The van der Waals surface area contributed by atoms with Crippen molar-refractivity contribution in [2.45, 2.75) is 12.8 Å². The van der Waals surface area contributed by atoms with Crippen molar-refractivity contribution in [2.75, 3.05) is 24.9 Å². The highest BCUT2D eigenvalue weighted by Gasteiger charge is 2.29. The van der Waals surface area contributed by atoms with Crippen LogP contribution in [0.25, 0.3) is 0 Å². The van der Waals surface area contributed by atoms with Gasteiger partial charge in [-0.05, 0) is 43.2 Å². The van der Waals surface area contributed by atoms with Crippen LogP contribution in [-0.4, -0.2) is 26.0 Å². The third-order valence-corrected chi connectivity index (χ3v) is 4.00. The second-order valence-corrected chi connectivity index (χ2v) is 5.86. The third kappa shape index (κ3) is 4.09. The van der Waals surface area contributed by atoms with Gasteiger partial charge in [-0.15, -0.1) is 0 Å². The molecule has 2 N–H and O–H groups in total. The zero-order chi connectivity index (χ0) is 17.8. The summed E-state index contributed by atoms with van der Waals surface area (Å²) in [5.74, 6) is 0.966. The standard InChI is InChI=1S/C19H20N2O4/c1-24-15-8-9-17(25-2)16(11-15)21-19(23)13-4-3-5-14(10-13)20-18(22)12-6-7-12/h3-5,8-12H,6-7H2,1-2H3,(H,20,22)(H,21,23). The first-order valence-corrected chi connectivity index (χ1v) is 8.05. The molecule has 0 aromatic heterocycles. The molecule has 0 saturated heterocycles. The van der Waals surface area contributed by atoms with E-state index >= 15 is 0 Å². The topological polar surface area (TPSA) is 76.7 Å². The Hall–Kier alpha value is -3.02. The van der Waals surface area contributed by atoms with Gasteiger partial charge in [0.1, 0.15) is 11.5 Å². The Balaban J connectivity index is 1.76. The first-order chi connectivity index (χ1) is 12.1. The van der Waals surface area contributed by atoms with Gasteiger partial charge in [0.15, 0.2) is 0 Å².